The summed E-state index contributed by atoms with van der Waals surface area (Å²) in [5, 5.41) is 55.2. The fraction of sp³-hybridized carbons (Fsp3) is 0.938. The van der Waals surface area contributed by atoms with Gasteiger partial charge in [-0.1, -0.05) is 38.5 Å². The molecular formula is C32H54F2N2O12. The van der Waals surface area contributed by atoms with Crippen molar-refractivity contribution >= 4 is 11.8 Å². The van der Waals surface area contributed by atoms with Gasteiger partial charge in [-0.05, 0) is 32.1 Å². The maximum absolute atomic E-state index is 14.4. The zero-order chi connectivity index (χ0) is 35.3. The second-order valence-corrected chi connectivity index (χ2v) is 13.9. The Kier molecular flexibility index (Phi) is 14.3. The van der Waals surface area contributed by atoms with Gasteiger partial charge >= 0.3 is 0 Å². The van der Waals surface area contributed by atoms with E-state index in [0.717, 1.165) is 32.1 Å². The van der Waals surface area contributed by atoms with Crippen LogP contribution >= 0.6 is 0 Å². The van der Waals surface area contributed by atoms with Crippen molar-refractivity contribution in [1.29, 1.82) is 0 Å². The van der Waals surface area contributed by atoms with Crippen molar-refractivity contribution < 1.29 is 67.6 Å². The molecule has 2 heterocycles. The molecule has 6 N–H and O–H groups in total. The summed E-state index contributed by atoms with van der Waals surface area (Å²) in [6.45, 7) is 1.98. The van der Waals surface area contributed by atoms with Crippen LogP contribution in [-0.4, -0.2) is 149 Å². The van der Waals surface area contributed by atoms with Crippen LogP contribution in [0, 0.1) is 11.8 Å². The summed E-state index contributed by atoms with van der Waals surface area (Å²) < 4.78 is 58.9. The molecule has 6 unspecified atom stereocenters. The molecule has 0 radical (unpaired) electrons. The molecule has 14 atom stereocenters. The lowest BCUT2D eigenvalue weighted by Crippen LogP contribution is -2.67. The van der Waals surface area contributed by atoms with Gasteiger partial charge in [0.2, 0.25) is 12.3 Å². The van der Waals surface area contributed by atoms with Crippen LogP contribution in [-0.2, 0) is 33.3 Å². The van der Waals surface area contributed by atoms with Gasteiger partial charge in [0.15, 0.2) is 12.6 Å². The van der Waals surface area contributed by atoms with E-state index in [1.165, 1.54) is 18.7 Å². The van der Waals surface area contributed by atoms with E-state index in [4.69, 9.17) is 23.7 Å². The minimum Gasteiger partial charge on any atom is -0.394 e. The Morgan fingerprint density at radius 1 is 0.875 bits per heavy atom. The van der Waals surface area contributed by atoms with Crippen molar-refractivity contribution in [1.82, 2.24) is 10.2 Å². The van der Waals surface area contributed by atoms with Crippen LogP contribution in [0.25, 0.3) is 0 Å². The number of carbonyl (C=O) groups excluding carboxylic acids is 2. The molecule has 0 aromatic heterocycles. The Morgan fingerprint density at radius 2 is 1.56 bits per heavy atom. The van der Waals surface area contributed by atoms with E-state index in [1.54, 1.807) is 14.1 Å². The molecule has 0 aromatic rings. The van der Waals surface area contributed by atoms with Crippen LogP contribution in [0.15, 0.2) is 0 Å². The molecule has 48 heavy (non-hydrogen) atoms. The number of amides is 2. The summed E-state index contributed by atoms with van der Waals surface area (Å²) in [5.74, 6) is -2.07. The molecule has 0 spiro atoms. The van der Waals surface area contributed by atoms with E-state index in [0.29, 0.717) is 12.8 Å². The number of likely N-dealkylation sites (N-methyl/N-ethyl adjacent to an activating group) is 1. The first kappa shape index (κ1) is 39.2. The van der Waals surface area contributed by atoms with Crippen LogP contribution in [0.3, 0.4) is 0 Å². The lowest BCUT2D eigenvalue weighted by molar-refractivity contribution is -0.340. The Bertz CT molecular complexity index is 1040. The van der Waals surface area contributed by atoms with Crippen LogP contribution in [0.1, 0.15) is 71.6 Å². The van der Waals surface area contributed by atoms with Gasteiger partial charge in [-0.2, -0.15) is 0 Å². The SMILES string of the molecule is CC(=O)NC1C(O[C@@H](CC2CCCCC2)C(=O)N(C)C)[C@@H](O)C(CO)O[C@H]1O[C@@H]1CCCC(C(F)F)[C@H]1OC1O[C@@H](C)[C@H](O)C(O)[C@@H]1O. The van der Waals surface area contributed by atoms with E-state index in [9.17, 15) is 43.9 Å². The molecule has 2 saturated carbocycles. The van der Waals surface area contributed by atoms with Gasteiger partial charge in [0.25, 0.3) is 5.91 Å². The maximum Gasteiger partial charge on any atom is 0.251 e. The molecular weight excluding hydrogens is 642 g/mol. The zero-order valence-electron chi connectivity index (χ0n) is 28.1. The second kappa shape index (κ2) is 17.6. The summed E-state index contributed by atoms with van der Waals surface area (Å²) in [6.07, 6.45) is -13.5. The van der Waals surface area contributed by atoms with E-state index >= 15 is 0 Å². The summed E-state index contributed by atoms with van der Waals surface area (Å²) >= 11 is 0. The Morgan fingerprint density at radius 3 is 2.17 bits per heavy atom. The number of halogens is 2. The van der Waals surface area contributed by atoms with E-state index in [1.807, 2.05) is 0 Å². The number of aliphatic hydroxyl groups is 5. The monoisotopic (exact) mass is 696 g/mol. The highest BCUT2D eigenvalue weighted by Crippen LogP contribution is 2.38. The van der Waals surface area contributed by atoms with Crippen molar-refractivity contribution in [3.63, 3.8) is 0 Å². The Labute approximate surface area is 280 Å². The number of hydrogen-bond acceptors (Lipinski definition) is 12. The Hall–Kier alpha value is -1.60. The van der Waals surface area contributed by atoms with Gasteiger partial charge in [0.05, 0.1) is 24.9 Å². The van der Waals surface area contributed by atoms with Crippen molar-refractivity contribution in [3.8, 4) is 0 Å². The fourth-order valence-electron chi connectivity index (χ4n) is 7.37. The zero-order valence-corrected chi connectivity index (χ0v) is 28.1. The number of aliphatic hydroxyl groups excluding tert-OH is 5. The molecule has 2 aliphatic carbocycles. The van der Waals surface area contributed by atoms with Crippen molar-refractivity contribution in [2.75, 3.05) is 20.7 Å². The normalized spacial score (nSPS) is 40.4. The molecule has 278 valence electrons. The number of ether oxygens (including phenoxy) is 5. The van der Waals surface area contributed by atoms with E-state index in [-0.39, 0.29) is 24.7 Å². The van der Waals surface area contributed by atoms with E-state index in [2.05, 4.69) is 5.32 Å². The molecule has 4 aliphatic rings. The first-order valence-corrected chi connectivity index (χ1v) is 17.1. The van der Waals surface area contributed by atoms with Crippen molar-refractivity contribution in [2.24, 2.45) is 11.8 Å². The van der Waals surface area contributed by atoms with Gasteiger partial charge in [0.1, 0.15) is 48.8 Å². The minimum absolute atomic E-state index is 0.0472. The van der Waals surface area contributed by atoms with Crippen LogP contribution in [0.4, 0.5) is 8.78 Å². The third kappa shape index (κ3) is 9.38. The third-order valence-corrected chi connectivity index (χ3v) is 10.1. The van der Waals surface area contributed by atoms with Crippen LogP contribution in [0.2, 0.25) is 0 Å². The number of rotatable bonds is 12. The predicted molar refractivity (Wildman–Crippen MR) is 163 cm³/mol. The number of hydrogen-bond donors (Lipinski definition) is 6. The maximum atomic E-state index is 14.4. The average molecular weight is 697 g/mol. The smallest absolute Gasteiger partial charge is 0.251 e. The largest absolute Gasteiger partial charge is 0.394 e. The Balaban J connectivity index is 1.62. The van der Waals surface area contributed by atoms with Gasteiger partial charge < -0.3 is 59.4 Å². The van der Waals surface area contributed by atoms with Crippen molar-refractivity contribution in [2.45, 2.75) is 158 Å². The molecule has 0 aromatic carbocycles. The number of carbonyl (C=O) groups is 2. The lowest BCUT2D eigenvalue weighted by atomic mass is 9.84. The van der Waals surface area contributed by atoms with Gasteiger partial charge in [-0.15, -0.1) is 0 Å². The highest BCUT2D eigenvalue weighted by Gasteiger charge is 2.52. The summed E-state index contributed by atoms with van der Waals surface area (Å²) in [5.41, 5.74) is 0. The summed E-state index contributed by atoms with van der Waals surface area (Å²) in [7, 11) is 3.17. The van der Waals surface area contributed by atoms with Crippen LogP contribution in [0.5, 0.6) is 0 Å². The van der Waals surface area contributed by atoms with Crippen LogP contribution < -0.4 is 5.32 Å². The first-order chi connectivity index (χ1) is 22.7. The highest BCUT2D eigenvalue weighted by atomic mass is 19.3. The average Bonchev–Trinajstić information content (AvgIpc) is 3.05. The number of alkyl halides is 2. The van der Waals surface area contributed by atoms with Gasteiger partial charge in [0, 0.05) is 26.9 Å². The second-order valence-electron chi connectivity index (χ2n) is 13.9. The topological polar surface area (TPSA) is 197 Å². The van der Waals surface area contributed by atoms with Gasteiger partial charge in [-0.3, -0.25) is 9.59 Å². The lowest BCUT2D eigenvalue weighted by Gasteiger charge is -2.48. The quantitative estimate of drug-likeness (QED) is 0.161. The first-order valence-electron chi connectivity index (χ1n) is 17.1. The molecule has 4 rings (SSSR count). The molecule has 16 heteroatoms. The molecule has 2 aliphatic heterocycles. The summed E-state index contributed by atoms with van der Waals surface area (Å²) in [6, 6.07) is -1.25. The van der Waals surface area contributed by atoms with E-state index < -0.39 is 105 Å². The number of nitrogens with one attached hydrogen (secondary N) is 1. The molecule has 2 saturated heterocycles. The summed E-state index contributed by atoms with van der Waals surface area (Å²) in [4.78, 5) is 27.2. The van der Waals surface area contributed by atoms with Gasteiger partial charge in [-0.25, -0.2) is 8.78 Å². The third-order valence-electron chi connectivity index (χ3n) is 10.1. The molecule has 2 amide bonds. The predicted octanol–water partition coefficient (Wildman–Crippen LogP) is 0.0447. The molecule has 4 fully saturated rings. The minimum atomic E-state index is -2.87. The highest BCUT2D eigenvalue weighted by molar-refractivity contribution is 5.80. The number of nitrogens with zero attached hydrogens (tertiary/aromatic N) is 1. The van der Waals surface area contributed by atoms with Crippen molar-refractivity contribution in [3.05, 3.63) is 0 Å². The molecule has 0 bridgehead atoms. The molecule has 14 nitrogen and oxygen atoms in total. The standard InChI is InChI=1S/C32H54F2N2O12/c1-15-23(39)25(41)26(42)32(44-15)48-27-18(29(33)34)11-8-12-19(27)46-31-22(35-16(2)38)28(24(40)21(14-37)47-31)45-20(30(43)36(3)4)13-17-9-6-5-7-10-17/h15,17-29,31-32,37,39-42H,5-14H2,1-4H3,(H,35,38)/t15-,18?,19+,20-,21?,22?,23-,24-,25?,26-,27+,28?,31+,32?/m0/s1. The fourth-order valence-corrected chi connectivity index (χ4v) is 7.37.